The van der Waals surface area contributed by atoms with Crippen LogP contribution in [0.25, 0.3) is 10.9 Å². The third-order valence-electron chi connectivity index (χ3n) is 5.92. The van der Waals surface area contributed by atoms with Crippen LogP contribution in [0.3, 0.4) is 0 Å². The van der Waals surface area contributed by atoms with Gasteiger partial charge in [0.1, 0.15) is 18.2 Å². The first-order chi connectivity index (χ1) is 15.3. The summed E-state index contributed by atoms with van der Waals surface area (Å²) in [7, 11) is 0. The summed E-state index contributed by atoms with van der Waals surface area (Å²) < 4.78 is 6.23. The van der Waals surface area contributed by atoms with Crippen LogP contribution in [-0.2, 0) is 32.5 Å². The number of nitrogens with zero attached hydrogens (tertiary/aromatic N) is 3. The molecule has 3 heterocycles. The Morgan fingerprint density at radius 3 is 2.87 bits per heavy atom. The number of fused-ring (bicyclic) bond motifs is 2. The molecule has 2 aromatic heterocycles. The van der Waals surface area contributed by atoms with Gasteiger partial charge in [0, 0.05) is 67.0 Å². The summed E-state index contributed by atoms with van der Waals surface area (Å²) >= 11 is 0. The van der Waals surface area contributed by atoms with Gasteiger partial charge in [0.05, 0.1) is 0 Å². The molecule has 1 aliphatic heterocycles. The lowest BCUT2D eigenvalue weighted by molar-refractivity contribution is 0.243. The molecule has 0 saturated heterocycles. The Morgan fingerprint density at radius 1 is 1.10 bits per heavy atom. The fraction of sp³-hybridized carbons (Fsp3) is 0.308. The lowest BCUT2D eigenvalue weighted by Gasteiger charge is -2.28. The maximum atomic E-state index is 6.23. The van der Waals surface area contributed by atoms with Crippen molar-refractivity contribution in [3.8, 4) is 5.75 Å². The summed E-state index contributed by atoms with van der Waals surface area (Å²) in [6.07, 6.45) is 7.17. The van der Waals surface area contributed by atoms with E-state index in [0.717, 1.165) is 56.0 Å². The van der Waals surface area contributed by atoms with Gasteiger partial charge in [0.25, 0.3) is 0 Å². The fourth-order valence-corrected chi connectivity index (χ4v) is 4.34. The summed E-state index contributed by atoms with van der Waals surface area (Å²) in [6, 6.07) is 16.5. The molecule has 0 bridgehead atoms. The fourth-order valence-electron chi connectivity index (χ4n) is 4.34. The van der Waals surface area contributed by atoms with Gasteiger partial charge in [0.2, 0.25) is 0 Å². The number of hydrogen-bond acceptors (Lipinski definition) is 4. The van der Waals surface area contributed by atoms with Gasteiger partial charge in [-0.05, 0) is 29.7 Å². The lowest BCUT2D eigenvalue weighted by atomic mass is 10.1. The third-order valence-corrected chi connectivity index (χ3v) is 5.92. The molecule has 31 heavy (non-hydrogen) atoms. The molecule has 4 aromatic rings. The molecule has 0 atom stereocenters. The topological polar surface area (TPSA) is 54.0 Å². The quantitative estimate of drug-likeness (QED) is 0.462. The van der Waals surface area contributed by atoms with E-state index in [9.17, 15) is 0 Å². The van der Waals surface area contributed by atoms with Crippen LogP contribution >= 0.6 is 0 Å². The normalized spacial score (nSPS) is 14.0. The van der Waals surface area contributed by atoms with Crippen molar-refractivity contribution in [3.05, 3.63) is 89.1 Å². The summed E-state index contributed by atoms with van der Waals surface area (Å²) in [5.74, 6) is 1.91. The molecule has 0 saturated carbocycles. The predicted octanol–water partition coefficient (Wildman–Crippen LogP) is 5.05. The molecule has 1 N–H and O–H groups in total. The van der Waals surface area contributed by atoms with Gasteiger partial charge >= 0.3 is 0 Å². The van der Waals surface area contributed by atoms with Gasteiger partial charge < -0.3 is 9.72 Å². The first-order valence-electron chi connectivity index (χ1n) is 11.1. The summed E-state index contributed by atoms with van der Waals surface area (Å²) in [5, 5.41) is 1.18. The van der Waals surface area contributed by atoms with Crippen molar-refractivity contribution in [3.63, 3.8) is 0 Å². The van der Waals surface area contributed by atoms with Gasteiger partial charge in [0.15, 0.2) is 0 Å². The Bertz CT molecular complexity index is 1170. The van der Waals surface area contributed by atoms with Crippen molar-refractivity contribution in [2.75, 3.05) is 6.54 Å². The number of aryl methyl sites for hydroxylation is 1. The van der Waals surface area contributed by atoms with Crippen LogP contribution in [-0.4, -0.2) is 26.4 Å². The van der Waals surface area contributed by atoms with Crippen molar-refractivity contribution in [2.45, 2.75) is 45.9 Å². The van der Waals surface area contributed by atoms with Crippen LogP contribution < -0.4 is 4.74 Å². The Morgan fingerprint density at radius 2 is 2.00 bits per heavy atom. The van der Waals surface area contributed by atoms with Crippen molar-refractivity contribution < 1.29 is 4.74 Å². The van der Waals surface area contributed by atoms with E-state index in [1.165, 1.54) is 27.8 Å². The van der Waals surface area contributed by atoms with Gasteiger partial charge in [-0.25, -0.2) is 9.97 Å². The van der Waals surface area contributed by atoms with Crippen LogP contribution in [0.2, 0.25) is 0 Å². The minimum atomic E-state index is 0.569. The van der Waals surface area contributed by atoms with Crippen LogP contribution in [0.1, 0.15) is 41.6 Å². The number of benzene rings is 2. The van der Waals surface area contributed by atoms with Gasteiger partial charge in [-0.3, -0.25) is 4.90 Å². The molecule has 5 heteroatoms. The van der Waals surface area contributed by atoms with E-state index < -0.39 is 0 Å². The molecule has 0 aliphatic carbocycles. The Kier molecular flexibility index (Phi) is 5.67. The van der Waals surface area contributed by atoms with E-state index >= 15 is 0 Å². The molecule has 158 valence electrons. The SMILES string of the molecule is CCCc1ncc2c(n1)CCN(Cc1c[nH]c3cccc(OCc4ccccc4)c13)C2. The van der Waals surface area contributed by atoms with Crippen molar-refractivity contribution in [1.29, 1.82) is 0 Å². The van der Waals surface area contributed by atoms with Gasteiger partial charge in [-0.15, -0.1) is 0 Å². The zero-order valence-electron chi connectivity index (χ0n) is 18.0. The number of nitrogens with one attached hydrogen (secondary N) is 1. The minimum Gasteiger partial charge on any atom is -0.488 e. The standard InChI is InChI=1S/C26H28N4O/c1-2-7-25-28-14-20-16-30(13-12-22(20)29-25)17-21-15-27-23-10-6-11-24(26(21)23)31-18-19-8-4-3-5-9-19/h3-6,8-11,14-15,27H,2,7,12-13,16-18H2,1H3. The first-order valence-corrected chi connectivity index (χ1v) is 11.1. The van der Waals surface area contributed by atoms with Crippen molar-refractivity contribution in [1.82, 2.24) is 19.9 Å². The molecule has 5 nitrogen and oxygen atoms in total. The van der Waals surface area contributed by atoms with Crippen LogP contribution in [0, 0.1) is 0 Å². The largest absolute Gasteiger partial charge is 0.488 e. The molecule has 5 rings (SSSR count). The Labute approximate surface area is 183 Å². The van der Waals surface area contributed by atoms with E-state index in [1.807, 2.05) is 30.5 Å². The molecular formula is C26H28N4O. The monoisotopic (exact) mass is 412 g/mol. The summed E-state index contributed by atoms with van der Waals surface area (Å²) in [4.78, 5) is 15.3. The molecule has 1 aliphatic rings. The molecular weight excluding hydrogens is 384 g/mol. The van der Waals surface area contributed by atoms with Gasteiger partial charge in [-0.1, -0.05) is 43.3 Å². The lowest BCUT2D eigenvalue weighted by Crippen LogP contribution is -2.31. The van der Waals surface area contributed by atoms with E-state index in [1.54, 1.807) is 0 Å². The molecule has 2 aromatic carbocycles. The van der Waals surface area contributed by atoms with Crippen LogP contribution in [0.4, 0.5) is 0 Å². The molecule has 0 fully saturated rings. The predicted molar refractivity (Wildman–Crippen MR) is 123 cm³/mol. The number of rotatable bonds is 7. The summed E-state index contributed by atoms with van der Waals surface area (Å²) in [6.45, 7) is 5.52. The Balaban J connectivity index is 1.34. The second kappa shape index (κ2) is 8.90. The zero-order valence-corrected chi connectivity index (χ0v) is 18.0. The highest BCUT2D eigenvalue weighted by Gasteiger charge is 2.20. The molecule has 0 amide bonds. The first kappa shape index (κ1) is 19.8. The third kappa shape index (κ3) is 4.32. The highest BCUT2D eigenvalue weighted by molar-refractivity contribution is 5.89. The van der Waals surface area contributed by atoms with Crippen molar-refractivity contribution >= 4 is 10.9 Å². The number of aromatic nitrogens is 3. The highest BCUT2D eigenvalue weighted by Crippen LogP contribution is 2.31. The molecule has 0 spiro atoms. The highest BCUT2D eigenvalue weighted by atomic mass is 16.5. The number of H-pyrrole nitrogens is 1. The average molecular weight is 413 g/mol. The van der Waals surface area contributed by atoms with Crippen molar-refractivity contribution in [2.24, 2.45) is 0 Å². The second-order valence-corrected chi connectivity index (χ2v) is 8.24. The molecule has 0 radical (unpaired) electrons. The van der Waals surface area contributed by atoms with Gasteiger partial charge in [-0.2, -0.15) is 0 Å². The van der Waals surface area contributed by atoms with Crippen LogP contribution in [0.15, 0.2) is 60.9 Å². The smallest absolute Gasteiger partial charge is 0.129 e. The Hall–Kier alpha value is -3.18. The minimum absolute atomic E-state index is 0.569. The zero-order chi connectivity index (χ0) is 21.0. The molecule has 0 unspecified atom stereocenters. The second-order valence-electron chi connectivity index (χ2n) is 8.24. The number of aromatic amines is 1. The van der Waals surface area contributed by atoms with E-state index in [0.29, 0.717) is 6.61 Å². The average Bonchev–Trinajstić information content (AvgIpc) is 3.22. The maximum Gasteiger partial charge on any atom is 0.129 e. The maximum absolute atomic E-state index is 6.23. The van der Waals surface area contributed by atoms with E-state index in [2.05, 4.69) is 52.3 Å². The number of hydrogen-bond donors (Lipinski definition) is 1. The van der Waals surface area contributed by atoms with E-state index in [-0.39, 0.29) is 0 Å². The van der Waals surface area contributed by atoms with E-state index in [4.69, 9.17) is 9.72 Å². The van der Waals surface area contributed by atoms with Crippen LogP contribution in [0.5, 0.6) is 5.75 Å². The summed E-state index contributed by atoms with van der Waals surface area (Å²) in [5.41, 5.74) is 6.04. The number of ether oxygens (including phenoxy) is 1.